The van der Waals surface area contributed by atoms with Crippen molar-refractivity contribution in [2.45, 2.75) is 37.6 Å². The Kier molecular flexibility index (Phi) is 3.21. The van der Waals surface area contributed by atoms with Crippen LogP contribution in [0, 0.1) is 5.92 Å². The summed E-state index contributed by atoms with van der Waals surface area (Å²) in [7, 11) is 0. The van der Waals surface area contributed by atoms with E-state index >= 15 is 0 Å². The number of carbonyl (C=O) groups is 1. The molecule has 0 aromatic carbocycles. The number of amides is 1. The lowest BCUT2D eigenvalue weighted by Gasteiger charge is -2.35. The van der Waals surface area contributed by atoms with Crippen LogP contribution in [0.1, 0.15) is 42.5 Å². The highest BCUT2D eigenvalue weighted by Crippen LogP contribution is 2.41. The van der Waals surface area contributed by atoms with Crippen molar-refractivity contribution in [1.29, 1.82) is 0 Å². The monoisotopic (exact) mass is 285 g/mol. The van der Waals surface area contributed by atoms with Gasteiger partial charge < -0.3 is 4.90 Å². The Morgan fingerprint density at radius 3 is 3.00 bits per heavy atom. The van der Waals surface area contributed by atoms with Crippen molar-refractivity contribution in [1.82, 2.24) is 14.8 Å². The summed E-state index contributed by atoms with van der Waals surface area (Å²) in [6.45, 7) is 4.29. The Morgan fingerprint density at radius 2 is 2.24 bits per heavy atom. The predicted molar refractivity (Wildman–Crippen MR) is 81.0 cm³/mol. The average Bonchev–Trinajstić information content (AvgIpc) is 3.11. The number of pyridine rings is 1. The molecule has 2 aliphatic heterocycles. The summed E-state index contributed by atoms with van der Waals surface area (Å²) in [6, 6.07) is 3.71. The van der Waals surface area contributed by atoms with Gasteiger partial charge in [-0.15, -0.1) is 0 Å². The second-order valence-corrected chi connectivity index (χ2v) is 6.94. The van der Waals surface area contributed by atoms with Gasteiger partial charge in [-0.3, -0.25) is 14.7 Å². The lowest BCUT2D eigenvalue weighted by Crippen LogP contribution is -2.47. The summed E-state index contributed by atoms with van der Waals surface area (Å²) in [5.74, 6) is 1.08. The molecule has 3 heterocycles. The third-order valence-corrected chi connectivity index (χ3v) is 5.44. The van der Waals surface area contributed by atoms with E-state index in [4.69, 9.17) is 0 Å². The largest absolute Gasteiger partial charge is 0.337 e. The summed E-state index contributed by atoms with van der Waals surface area (Å²) in [6.07, 6.45) is 9.92. The van der Waals surface area contributed by atoms with E-state index in [2.05, 4.69) is 9.88 Å². The second-order valence-electron chi connectivity index (χ2n) is 6.94. The van der Waals surface area contributed by atoms with Gasteiger partial charge in [0.15, 0.2) is 0 Å². The molecule has 112 valence electrons. The molecule has 1 atom stereocenters. The molecule has 4 rings (SSSR count). The summed E-state index contributed by atoms with van der Waals surface area (Å²) < 4.78 is 0. The van der Waals surface area contributed by atoms with Crippen molar-refractivity contribution >= 4 is 5.91 Å². The molecule has 4 nitrogen and oxygen atoms in total. The maximum atomic E-state index is 12.6. The van der Waals surface area contributed by atoms with Crippen LogP contribution in [0.2, 0.25) is 0 Å². The zero-order valence-electron chi connectivity index (χ0n) is 12.5. The van der Waals surface area contributed by atoms with Crippen LogP contribution in [0.3, 0.4) is 0 Å². The number of aromatic nitrogens is 1. The molecule has 2 saturated heterocycles. The van der Waals surface area contributed by atoms with Crippen LogP contribution >= 0.6 is 0 Å². The Balaban J connectivity index is 1.47. The number of hydrogen-bond donors (Lipinski definition) is 0. The molecule has 3 fully saturated rings. The first-order valence-electron chi connectivity index (χ1n) is 8.21. The fourth-order valence-corrected chi connectivity index (χ4v) is 4.06. The van der Waals surface area contributed by atoms with Crippen molar-refractivity contribution in [3.63, 3.8) is 0 Å². The van der Waals surface area contributed by atoms with E-state index in [0.29, 0.717) is 0 Å². The summed E-state index contributed by atoms with van der Waals surface area (Å²) in [5, 5.41) is 0. The Bertz CT molecular complexity index is 528. The van der Waals surface area contributed by atoms with E-state index < -0.39 is 0 Å². The van der Waals surface area contributed by atoms with Gasteiger partial charge in [-0.2, -0.15) is 0 Å². The van der Waals surface area contributed by atoms with Crippen LogP contribution in [0.4, 0.5) is 0 Å². The molecule has 0 radical (unpaired) electrons. The number of likely N-dealkylation sites (tertiary alicyclic amines) is 2. The van der Waals surface area contributed by atoms with Gasteiger partial charge in [0.05, 0.1) is 5.56 Å². The zero-order chi connectivity index (χ0) is 14.3. The van der Waals surface area contributed by atoms with Crippen molar-refractivity contribution in [3.05, 3.63) is 30.1 Å². The SMILES string of the molecule is O=C(c1cccnc1)N1CCC2(CCCN2CC2CC2)C1. The lowest BCUT2D eigenvalue weighted by atomic mass is 9.95. The molecule has 1 saturated carbocycles. The van der Waals surface area contributed by atoms with E-state index in [-0.39, 0.29) is 11.4 Å². The van der Waals surface area contributed by atoms with E-state index in [1.807, 2.05) is 17.0 Å². The van der Waals surface area contributed by atoms with E-state index in [1.54, 1.807) is 12.4 Å². The van der Waals surface area contributed by atoms with Crippen molar-refractivity contribution in [2.24, 2.45) is 5.92 Å². The average molecular weight is 285 g/mol. The zero-order valence-corrected chi connectivity index (χ0v) is 12.5. The first-order valence-corrected chi connectivity index (χ1v) is 8.21. The number of hydrogen-bond acceptors (Lipinski definition) is 3. The quantitative estimate of drug-likeness (QED) is 0.854. The molecule has 0 N–H and O–H groups in total. The van der Waals surface area contributed by atoms with Crippen LogP contribution in [0.25, 0.3) is 0 Å². The van der Waals surface area contributed by atoms with Crippen molar-refractivity contribution < 1.29 is 4.79 Å². The molecule has 1 unspecified atom stereocenters. The molecular formula is C17H23N3O. The van der Waals surface area contributed by atoms with Gasteiger partial charge in [-0.05, 0) is 56.7 Å². The summed E-state index contributed by atoms with van der Waals surface area (Å²) in [4.78, 5) is 21.4. The Hall–Kier alpha value is -1.42. The molecule has 1 aromatic rings. The molecule has 21 heavy (non-hydrogen) atoms. The maximum Gasteiger partial charge on any atom is 0.255 e. The first kappa shape index (κ1) is 13.3. The number of rotatable bonds is 3. The highest BCUT2D eigenvalue weighted by Gasteiger charge is 2.48. The molecular weight excluding hydrogens is 262 g/mol. The molecule has 1 aliphatic carbocycles. The van der Waals surface area contributed by atoms with Crippen LogP contribution < -0.4 is 0 Å². The minimum atomic E-state index is 0.151. The smallest absolute Gasteiger partial charge is 0.255 e. The topological polar surface area (TPSA) is 36.4 Å². The third-order valence-electron chi connectivity index (χ3n) is 5.44. The summed E-state index contributed by atoms with van der Waals surface area (Å²) >= 11 is 0. The maximum absolute atomic E-state index is 12.6. The standard InChI is InChI=1S/C17H23N3O/c21-16(15-3-1-8-18-11-15)19-10-7-17(13-19)6-2-9-20(17)12-14-4-5-14/h1,3,8,11,14H,2,4-7,9-10,12-13H2. The number of nitrogens with zero attached hydrogens (tertiary/aromatic N) is 3. The van der Waals surface area contributed by atoms with Gasteiger partial charge in [0.25, 0.3) is 5.91 Å². The molecule has 1 spiro atoms. The normalized spacial score (nSPS) is 29.4. The highest BCUT2D eigenvalue weighted by atomic mass is 16.2. The Morgan fingerprint density at radius 1 is 1.33 bits per heavy atom. The lowest BCUT2D eigenvalue weighted by molar-refractivity contribution is 0.0743. The molecule has 1 amide bonds. The molecule has 0 bridgehead atoms. The predicted octanol–water partition coefficient (Wildman–Crippen LogP) is 2.17. The van der Waals surface area contributed by atoms with Crippen LogP contribution in [-0.4, -0.2) is 52.4 Å². The fourth-order valence-electron chi connectivity index (χ4n) is 4.06. The molecule has 3 aliphatic rings. The fraction of sp³-hybridized carbons (Fsp3) is 0.647. The third kappa shape index (κ3) is 2.46. The van der Waals surface area contributed by atoms with E-state index in [0.717, 1.165) is 31.0 Å². The minimum absolute atomic E-state index is 0.151. The molecule has 1 aromatic heterocycles. The van der Waals surface area contributed by atoms with Gasteiger partial charge in [0, 0.05) is 37.6 Å². The van der Waals surface area contributed by atoms with Crippen molar-refractivity contribution in [3.8, 4) is 0 Å². The van der Waals surface area contributed by atoms with Gasteiger partial charge in [0.1, 0.15) is 0 Å². The van der Waals surface area contributed by atoms with Gasteiger partial charge in [-0.1, -0.05) is 0 Å². The summed E-state index contributed by atoms with van der Waals surface area (Å²) in [5.41, 5.74) is 1.00. The van der Waals surface area contributed by atoms with Crippen molar-refractivity contribution in [2.75, 3.05) is 26.2 Å². The minimum Gasteiger partial charge on any atom is -0.337 e. The van der Waals surface area contributed by atoms with E-state index in [1.165, 1.54) is 38.8 Å². The van der Waals surface area contributed by atoms with Crippen LogP contribution in [0.5, 0.6) is 0 Å². The highest BCUT2D eigenvalue weighted by molar-refractivity contribution is 5.94. The number of carbonyl (C=O) groups excluding carboxylic acids is 1. The van der Waals surface area contributed by atoms with Gasteiger partial charge >= 0.3 is 0 Å². The first-order chi connectivity index (χ1) is 10.3. The second kappa shape index (κ2) is 5.09. The van der Waals surface area contributed by atoms with E-state index in [9.17, 15) is 4.79 Å². The van der Waals surface area contributed by atoms with Crippen LogP contribution in [-0.2, 0) is 0 Å². The van der Waals surface area contributed by atoms with Gasteiger partial charge in [-0.25, -0.2) is 0 Å². The van der Waals surface area contributed by atoms with Gasteiger partial charge in [0.2, 0.25) is 0 Å². The molecule has 4 heteroatoms. The van der Waals surface area contributed by atoms with Crippen LogP contribution in [0.15, 0.2) is 24.5 Å². The Labute approximate surface area is 126 Å².